The second-order valence-corrected chi connectivity index (χ2v) is 5.32. The van der Waals surface area contributed by atoms with Gasteiger partial charge in [0.15, 0.2) is 0 Å². The fraction of sp³-hybridized carbons (Fsp3) is 0.385. The van der Waals surface area contributed by atoms with E-state index in [4.69, 9.17) is 4.74 Å². The lowest BCUT2D eigenvalue weighted by Gasteiger charge is -2.27. The number of nitrogens with zero attached hydrogens (tertiary/aromatic N) is 1. The van der Waals surface area contributed by atoms with Crippen molar-refractivity contribution in [1.29, 1.82) is 0 Å². The van der Waals surface area contributed by atoms with E-state index in [1.165, 1.54) is 23.6 Å². The highest BCUT2D eigenvalue weighted by molar-refractivity contribution is 7.99. The van der Waals surface area contributed by atoms with E-state index in [2.05, 4.69) is 0 Å². The normalized spacial score (nSPS) is 22.3. The van der Waals surface area contributed by atoms with Crippen LogP contribution in [0.3, 0.4) is 0 Å². The van der Waals surface area contributed by atoms with Crippen molar-refractivity contribution in [3.8, 4) is 5.75 Å². The largest absolute Gasteiger partial charge is 0.496 e. The Morgan fingerprint density at radius 3 is 2.68 bits per heavy atom. The summed E-state index contributed by atoms with van der Waals surface area (Å²) in [6.07, 6.45) is 0. The highest BCUT2D eigenvalue weighted by Gasteiger charge is 2.41. The number of thioether (sulfide) groups is 1. The SMILES string of the molecule is COc1ccccc1[C@@H]1SC[C@H](C(=O)O)N1C(C)=O. The zero-order valence-corrected chi connectivity index (χ0v) is 11.5. The summed E-state index contributed by atoms with van der Waals surface area (Å²) in [5.41, 5.74) is 0.828. The molecule has 0 bridgehead atoms. The Balaban J connectivity index is 2.39. The van der Waals surface area contributed by atoms with Gasteiger partial charge in [-0.15, -0.1) is 11.8 Å². The predicted molar refractivity (Wildman–Crippen MR) is 72.1 cm³/mol. The van der Waals surface area contributed by atoms with Crippen LogP contribution < -0.4 is 4.74 Å². The number of ether oxygens (including phenoxy) is 1. The molecule has 0 aliphatic carbocycles. The Labute approximate surface area is 115 Å². The van der Waals surface area contributed by atoms with Crippen LogP contribution in [0.15, 0.2) is 24.3 Å². The van der Waals surface area contributed by atoms with Crippen LogP contribution in [-0.2, 0) is 9.59 Å². The number of benzene rings is 1. The molecule has 1 N–H and O–H groups in total. The molecule has 2 rings (SSSR count). The molecule has 1 saturated heterocycles. The lowest BCUT2D eigenvalue weighted by Crippen LogP contribution is -2.41. The van der Waals surface area contributed by atoms with Crippen molar-refractivity contribution in [1.82, 2.24) is 4.90 Å². The van der Waals surface area contributed by atoms with Crippen LogP contribution in [0.5, 0.6) is 5.75 Å². The molecule has 1 fully saturated rings. The molecule has 0 aromatic heterocycles. The Hall–Kier alpha value is -1.69. The van der Waals surface area contributed by atoms with Crippen molar-refractivity contribution in [3.05, 3.63) is 29.8 Å². The van der Waals surface area contributed by atoms with Crippen LogP contribution in [0, 0.1) is 0 Å². The van der Waals surface area contributed by atoms with E-state index in [1.807, 2.05) is 24.3 Å². The Morgan fingerprint density at radius 2 is 2.11 bits per heavy atom. The van der Waals surface area contributed by atoms with Gasteiger partial charge in [0.25, 0.3) is 0 Å². The fourth-order valence-electron chi connectivity index (χ4n) is 2.19. The first kappa shape index (κ1) is 13.7. The average molecular weight is 281 g/mol. The van der Waals surface area contributed by atoms with Gasteiger partial charge in [-0.2, -0.15) is 0 Å². The number of carboxylic acids is 1. The summed E-state index contributed by atoms with van der Waals surface area (Å²) in [5, 5.41) is 8.87. The standard InChI is InChI=1S/C13H15NO4S/c1-8(15)14-10(13(16)17)7-19-12(14)9-5-3-4-6-11(9)18-2/h3-6,10,12H,7H2,1-2H3,(H,16,17)/t10-,12+/m1/s1. The first-order valence-corrected chi connectivity index (χ1v) is 6.87. The summed E-state index contributed by atoms with van der Waals surface area (Å²) in [6.45, 7) is 1.39. The maximum atomic E-state index is 11.8. The summed E-state index contributed by atoms with van der Waals surface area (Å²) in [5.74, 6) is -0.164. The lowest BCUT2D eigenvalue weighted by molar-refractivity contribution is -0.148. The van der Waals surface area contributed by atoms with Gasteiger partial charge in [-0.3, -0.25) is 4.79 Å². The molecule has 1 heterocycles. The average Bonchev–Trinajstić information content (AvgIpc) is 2.83. The number of hydrogen-bond acceptors (Lipinski definition) is 4. The molecule has 0 radical (unpaired) electrons. The molecule has 0 unspecified atom stereocenters. The second kappa shape index (κ2) is 5.52. The van der Waals surface area contributed by atoms with Crippen molar-refractivity contribution >= 4 is 23.6 Å². The smallest absolute Gasteiger partial charge is 0.327 e. The zero-order chi connectivity index (χ0) is 14.0. The summed E-state index contributed by atoms with van der Waals surface area (Å²) in [6, 6.07) is 6.58. The van der Waals surface area contributed by atoms with E-state index in [1.54, 1.807) is 7.11 Å². The van der Waals surface area contributed by atoms with Gasteiger partial charge in [-0.1, -0.05) is 18.2 Å². The van der Waals surface area contributed by atoms with E-state index in [0.29, 0.717) is 11.5 Å². The molecule has 6 heteroatoms. The summed E-state index contributed by atoms with van der Waals surface area (Å²) >= 11 is 1.44. The zero-order valence-electron chi connectivity index (χ0n) is 10.7. The number of para-hydroxylation sites is 1. The molecule has 0 spiro atoms. The van der Waals surface area contributed by atoms with Crippen LogP contribution in [-0.4, -0.2) is 40.8 Å². The number of carbonyl (C=O) groups is 2. The number of hydrogen-bond donors (Lipinski definition) is 1. The third kappa shape index (κ3) is 2.53. The van der Waals surface area contributed by atoms with Crippen molar-refractivity contribution in [2.24, 2.45) is 0 Å². The third-order valence-electron chi connectivity index (χ3n) is 3.05. The quantitative estimate of drug-likeness (QED) is 0.914. The molecule has 2 atom stereocenters. The molecule has 1 aromatic carbocycles. The maximum absolute atomic E-state index is 11.8. The Morgan fingerprint density at radius 1 is 1.42 bits per heavy atom. The first-order chi connectivity index (χ1) is 9.06. The van der Waals surface area contributed by atoms with Crippen LogP contribution in [0.25, 0.3) is 0 Å². The van der Waals surface area contributed by atoms with Crippen LogP contribution >= 0.6 is 11.8 Å². The molecule has 1 aliphatic rings. The van der Waals surface area contributed by atoms with Crippen molar-refractivity contribution in [3.63, 3.8) is 0 Å². The van der Waals surface area contributed by atoms with E-state index in [9.17, 15) is 14.7 Å². The molecule has 1 aliphatic heterocycles. The number of carboxylic acid groups (broad SMARTS) is 1. The molecule has 0 saturated carbocycles. The fourth-order valence-corrected chi connectivity index (χ4v) is 3.69. The number of aliphatic carboxylic acids is 1. The van der Waals surface area contributed by atoms with Gasteiger partial charge in [-0.05, 0) is 6.07 Å². The first-order valence-electron chi connectivity index (χ1n) is 5.82. The predicted octanol–water partition coefficient (Wildman–Crippen LogP) is 1.74. The lowest BCUT2D eigenvalue weighted by atomic mass is 10.1. The van der Waals surface area contributed by atoms with Gasteiger partial charge in [0.2, 0.25) is 5.91 Å². The van der Waals surface area contributed by atoms with E-state index in [0.717, 1.165) is 5.56 Å². The summed E-state index contributed by atoms with van der Waals surface area (Å²) in [7, 11) is 1.56. The van der Waals surface area contributed by atoms with E-state index in [-0.39, 0.29) is 11.3 Å². The van der Waals surface area contributed by atoms with Crippen LogP contribution in [0.1, 0.15) is 17.9 Å². The monoisotopic (exact) mass is 281 g/mol. The highest BCUT2D eigenvalue weighted by Crippen LogP contribution is 2.44. The van der Waals surface area contributed by atoms with Crippen molar-refractivity contribution < 1.29 is 19.4 Å². The molecule has 1 aromatic rings. The van der Waals surface area contributed by atoms with Gasteiger partial charge in [-0.25, -0.2) is 4.79 Å². The summed E-state index contributed by atoms with van der Waals surface area (Å²) in [4.78, 5) is 24.4. The van der Waals surface area contributed by atoms with Crippen molar-refractivity contribution in [2.75, 3.05) is 12.9 Å². The van der Waals surface area contributed by atoms with Crippen LogP contribution in [0.2, 0.25) is 0 Å². The van der Waals surface area contributed by atoms with Gasteiger partial charge in [0.1, 0.15) is 17.2 Å². The minimum atomic E-state index is -0.972. The molecular formula is C13H15NO4S. The third-order valence-corrected chi connectivity index (χ3v) is 4.36. The van der Waals surface area contributed by atoms with E-state index >= 15 is 0 Å². The molecule has 19 heavy (non-hydrogen) atoms. The number of amides is 1. The topological polar surface area (TPSA) is 66.8 Å². The Bertz CT molecular complexity index is 505. The highest BCUT2D eigenvalue weighted by atomic mass is 32.2. The molecule has 1 amide bonds. The van der Waals surface area contributed by atoms with Crippen LogP contribution in [0.4, 0.5) is 0 Å². The minimum absolute atomic E-state index is 0.242. The molecule has 102 valence electrons. The van der Waals surface area contributed by atoms with Gasteiger partial charge >= 0.3 is 5.97 Å². The number of rotatable bonds is 3. The molecular weight excluding hydrogens is 266 g/mol. The number of methoxy groups -OCH3 is 1. The van der Waals surface area contributed by atoms with Gasteiger partial charge in [0, 0.05) is 18.2 Å². The van der Waals surface area contributed by atoms with Crippen molar-refractivity contribution in [2.45, 2.75) is 18.3 Å². The van der Waals surface area contributed by atoms with Gasteiger partial charge < -0.3 is 14.7 Å². The van der Waals surface area contributed by atoms with E-state index < -0.39 is 12.0 Å². The summed E-state index contributed by atoms with van der Waals surface area (Å²) < 4.78 is 5.28. The minimum Gasteiger partial charge on any atom is -0.496 e. The number of carbonyl (C=O) groups excluding carboxylic acids is 1. The maximum Gasteiger partial charge on any atom is 0.327 e. The molecule has 5 nitrogen and oxygen atoms in total. The van der Waals surface area contributed by atoms with Gasteiger partial charge in [0.05, 0.1) is 7.11 Å². The Kier molecular flexibility index (Phi) is 3.99. The second-order valence-electron chi connectivity index (χ2n) is 4.21.